The van der Waals surface area contributed by atoms with Gasteiger partial charge in [-0.2, -0.15) is 0 Å². The fourth-order valence-electron chi connectivity index (χ4n) is 2.26. The number of hydrogen-bond acceptors (Lipinski definition) is 4. The van der Waals surface area contributed by atoms with Crippen LogP contribution in [0.4, 0.5) is 0 Å². The summed E-state index contributed by atoms with van der Waals surface area (Å²) in [5.41, 5.74) is 1.10. The van der Waals surface area contributed by atoms with Crippen LogP contribution in [0.2, 0.25) is 0 Å². The topological polar surface area (TPSA) is 29.5 Å². The Morgan fingerprint density at radius 3 is 3.00 bits per heavy atom. The van der Waals surface area contributed by atoms with Crippen molar-refractivity contribution in [1.82, 2.24) is 4.90 Å². The summed E-state index contributed by atoms with van der Waals surface area (Å²) in [4.78, 5) is 15.3. The van der Waals surface area contributed by atoms with Gasteiger partial charge in [-0.15, -0.1) is 23.1 Å². The molecule has 2 heterocycles. The number of methoxy groups -OCH3 is 1. The predicted molar refractivity (Wildman–Crippen MR) is 83.1 cm³/mol. The molecule has 1 atom stereocenters. The van der Waals surface area contributed by atoms with Gasteiger partial charge < -0.3 is 9.64 Å². The molecule has 3 nitrogen and oxygen atoms in total. The van der Waals surface area contributed by atoms with Crippen molar-refractivity contribution >= 4 is 29.0 Å². The van der Waals surface area contributed by atoms with Crippen molar-refractivity contribution in [1.29, 1.82) is 0 Å². The summed E-state index contributed by atoms with van der Waals surface area (Å²) in [5.74, 6) is 1.60. The van der Waals surface area contributed by atoms with Gasteiger partial charge >= 0.3 is 0 Å². The van der Waals surface area contributed by atoms with Crippen LogP contribution in [0.5, 0.6) is 5.75 Å². The molecule has 0 N–H and O–H groups in total. The summed E-state index contributed by atoms with van der Waals surface area (Å²) in [6.07, 6.45) is 0. The molecule has 104 valence electrons. The number of amides is 1. The molecule has 20 heavy (non-hydrogen) atoms. The van der Waals surface area contributed by atoms with Crippen LogP contribution >= 0.6 is 23.1 Å². The van der Waals surface area contributed by atoms with Crippen molar-refractivity contribution in [3.8, 4) is 5.75 Å². The van der Waals surface area contributed by atoms with E-state index in [2.05, 4.69) is 11.4 Å². The van der Waals surface area contributed by atoms with Gasteiger partial charge in [-0.25, -0.2) is 0 Å². The highest BCUT2D eigenvalue weighted by molar-refractivity contribution is 8.00. The zero-order chi connectivity index (χ0) is 13.9. The molecule has 1 saturated heterocycles. The second kappa shape index (κ2) is 5.89. The Morgan fingerprint density at radius 2 is 2.25 bits per heavy atom. The van der Waals surface area contributed by atoms with Crippen LogP contribution in [0, 0.1) is 0 Å². The summed E-state index contributed by atoms with van der Waals surface area (Å²) in [6, 6.07) is 12.0. The Morgan fingerprint density at radius 1 is 1.35 bits per heavy atom. The molecule has 1 aromatic heterocycles. The van der Waals surface area contributed by atoms with Crippen LogP contribution < -0.4 is 4.74 Å². The van der Waals surface area contributed by atoms with Gasteiger partial charge in [-0.1, -0.05) is 18.2 Å². The lowest BCUT2D eigenvalue weighted by molar-refractivity contribution is -0.128. The van der Waals surface area contributed by atoms with E-state index in [1.807, 2.05) is 35.2 Å². The Balaban J connectivity index is 1.81. The minimum absolute atomic E-state index is 0.147. The molecule has 0 spiro atoms. The van der Waals surface area contributed by atoms with Crippen LogP contribution in [0.1, 0.15) is 15.8 Å². The number of rotatable bonds is 4. The highest BCUT2D eigenvalue weighted by Crippen LogP contribution is 2.41. The maximum Gasteiger partial charge on any atom is 0.234 e. The summed E-state index contributed by atoms with van der Waals surface area (Å²) < 4.78 is 5.24. The lowest BCUT2D eigenvalue weighted by Gasteiger charge is -2.23. The predicted octanol–water partition coefficient (Wildman–Crippen LogP) is 3.53. The highest BCUT2D eigenvalue weighted by atomic mass is 32.2. The molecule has 1 unspecified atom stereocenters. The number of ether oxygens (including phenoxy) is 1. The quantitative estimate of drug-likeness (QED) is 0.865. The van der Waals surface area contributed by atoms with E-state index in [0.717, 1.165) is 11.3 Å². The summed E-state index contributed by atoms with van der Waals surface area (Å²) in [7, 11) is 1.66. The molecule has 3 rings (SSSR count). The summed E-state index contributed by atoms with van der Waals surface area (Å²) in [5, 5.41) is 2.20. The minimum Gasteiger partial charge on any atom is -0.497 e. The van der Waals surface area contributed by atoms with Gasteiger partial charge in [-0.05, 0) is 29.1 Å². The van der Waals surface area contributed by atoms with Gasteiger partial charge in [0.1, 0.15) is 11.1 Å². The van der Waals surface area contributed by atoms with Gasteiger partial charge in [0.05, 0.1) is 12.9 Å². The first-order valence-corrected chi connectivity index (χ1v) is 8.28. The molecule has 1 aromatic carbocycles. The highest BCUT2D eigenvalue weighted by Gasteiger charge is 2.33. The molecular weight excluding hydrogens is 290 g/mol. The zero-order valence-electron chi connectivity index (χ0n) is 11.1. The van der Waals surface area contributed by atoms with E-state index in [9.17, 15) is 4.79 Å². The zero-order valence-corrected chi connectivity index (χ0v) is 12.7. The fraction of sp³-hybridized carbons (Fsp3) is 0.267. The molecular formula is C15H15NO2S2. The molecule has 1 aliphatic heterocycles. The lowest BCUT2D eigenvalue weighted by atomic mass is 10.2. The molecule has 5 heteroatoms. The largest absolute Gasteiger partial charge is 0.497 e. The fourth-order valence-corrected chi connectivity index (χ4v) is 4.43. The number of benzene rings is 1. The number of hydrogen-bond donors (Lipinski definition) is 0. The monoisotopic (exact) mass is 305 g/mol. The molecule has 0 saturated carbocycles. The molecule has 1 amide bonds. The number of thioether (sulfide) groups is 1. The van der Waals surface area contributed by atoms with Gasteiger partial charge in [0, 0.05) is 11.4 Å². The van der Waals surface area contributed by atoms with Crippen LogP contribution in [-0.4, -0.2) is 23.7 Å². The molecule has 1 aliphatic rings. The van der Waals surface area contributed by atoms with E-state index in [-0.39, 0.29) is 11.3 Å². The van der Waals surface area contributed by atoms with Gasteiger partial charge in [0.15, 0.2) is 0 Å². The average Bonchev–Trinajstić information content (AvgIpc) is 3.10. The van der Waals surface area contributed by atoms with Gasteiger partial charge in [0.2, 0.25) is 5.91 Å². The van der Waals surface area contributed by atoms with Crippen molar-refractivity contribution < 1.29 is 9.53 Å². The molecule has 0 aliphatic carbocycles. The second-order valence-corrected chi connectivity index (χ2v) is 6.60. The standard InChI is InChI=1S/C15H15NO2S2/c1-18-12-5-2-4-11(8-12)9-16-14(17)10-20-15(16)13-6-3-7-19-13/h2-8,15H,9-10H2,1H3. The maximum atomic E-state index is 12.1. The third-order valence-corrected chi connectivity index (χ3v) is 5.55. The molecule has 2 aromatic rings. The first-order valence-electron chi connectivity index (χ1n) is 6.35. The van der Waals surface area contributed by atoms with Crippen LogP contribution in [0.15, 0.2) is 41.8 Å². The minimum atomic E-state index is 0.147. The first kappa shape index (κ1) is 13.5. The average molecular weight is 305 g/mol. The third-order valence-electron chi connectivity index (χ3n) is 3.24. The molecule has 0 bridgehead atoms. The SMILES string of the molecule is COc1cccc(CN2C(=O)CSC2c2cccs2)c1. The smallest absolute Gasteiger partial charge is 0.234 e. The van der Waals surface area contributed by atoms with Gasteiger partial charge in [-0.3, -0.25) is 4.79 Å². The number of carbonyl (C=O) groups excluding carboxylic acids is 1. The Labute approximate surface area is 126 Å². The Kier molecular flexibility index (Phi) is 3.98. The van der Waals surface area contributed by atoms with E-state index in [0.29, 0.717) is 12.3 Å². The summed E-state index contributed by atoms with van der Waals surface area (Å²) >= 11 is 3.41. The molecule has 0 radical (unpaired) electrons. The van der Waals surface area contributed by atoms with E-state index in [4.69, 9.17) is 4.74 Å². The lowest BCUT2D eigenvalue weighted by Crippen LogP contribution is -2.27. The number of nitrogens with zero attached hydrogens (tertiary/aromatic N) is 1. The number of thiophene rings is 1. The van der Waals surface area contributed by atoms with Gasteiger partial charge in [0.25, 0.3) is 0 Å². The van der Waals surface area contributed by atoms with Crippen molar-refractivity contribution in [2.75, 3.05) is 12.9 Å². The van der Waals surface area contributed by atoms with E-state index >= 15 is 0 Å². The van der Waals surface area contributed by atoms with E-state index < -0.39 is 0 Å². The van der Waals surface area contributed by atoms with E-state index in [1.54, 1.807) is 30.2 Å². The van der Waals surface area contributed by atoms with Crippen LogP contribution in [0.25, 0.3) is 0 Å². The van der Waals surface area contributed by atoms with Crippen molar-refractivity contribution in [3.05, 3.63) is 52.2 Å². The second-order valence-electron chi connectivity index (χ2n) is 4.55. The Hall–Kier alpha value is -1.46. The first-order chi connectivity index (χ1) is 9.78. The van der Waals surface area contributed by atoms with Crippen LogP contribution in [-0.2, 0) is 11.3 Å². The van der Waals surface area contributed by atoms with Crippen molar-refractivity contribution in [2.45, 2.75) is 11.9 Å². The normalized spacial score (nSPS) is 18.6. The summed E-state index contributed by atoms with van der Waals surface area (Å²) in [6.45, 7) is 0.631. The Bertz CT molecular complexity index is 598. The third kappa shape index (κ3) is 2.69. The van der Waals surface area contributed by atoms with Crippen LogP contribution in [0.3, 0.4) is 0 Å². The number of carbonyl (C=O) groups is 1. The molecule has 1 fully saturated rings. The van der Waals surface area contributed by atoms with E-state index in [1.165, 1.54) is 4.88 Å². The van der Waals surface area contributed by atoms with Crippen molar-refractivity contribution in [2.24, 2.45) is 0 Å². The van der Waals surface area contributed by atoms with Crippen molar-refractivity contribution in [3.63, 3.8) is 0 Å². The maximum absolute atomic E-state index is 12.1.